The fourth-order valence-corrected chi connectivity index (χ4v) is 1.92. The third kappa shape index (κ3) is 1.72. The van der Waals surface area contributed by atoms with Gasteiger partial charge in [-0.25, -0.2) is 4.79 Å². The summed E-state index contributed by atoms with van der Waals surface area (Å²) in [6.45, 7) is 3.49. The van der Waals surface area contributed by atoms with Crippen molar-refractivity contribution in [3.8, 4) is 5.88 Å². The van der Waals surface area contributed by atoms with Gasteiger partial charge in [0.05, 0.1) is 19.4 Å². The fraction of sp³-hybridized carbons (Fsp3) is 0.417. The van der Waals surface area contributed by atoms with Crippen molar-refractivity contribution in [2.24, 2.45) is 0 Å². The van der Waals surface area contributed by atoms with E-state index in [4.69, 9.17) is 9.47 Å². The highest BCUT2D eigenvalue weighted by molar-refractivity contribution is 6.13. The van der Waals surface area contributed by atoms with Crippen LogP contribution in [0.4, 0.5) is 0 Å². The topological polar surface area (TPSA) is 60.7 Å². The van der Waals surface area contributed by atoms with Crippen LogP contribution in [0.2, 0.25) is 0 Å². The Morgan fingerprint density at radius 2 is 2.24 bits per heavy atom. The lowest BCUT2D eigenvalue weighted by molar-refractivity contribution is -0.137. The standard InChI is InChI=1S/C12H15NO4/c1-7-8(2)17-12(15)11(7)13-9(6-14)4-5-10(13)16-3/h4-5,8,14H,6H2,1-3H3/t8-/m1/s1. The lowest BCUT2D eigenvalue weighted by Gasteiger charge is -2.10. The van der Waals surface area contributed by atoms with Crippen LogP contribution in [0.1, 0.15) is 19.5 Å². The maximum atomic E-state index is 11.8. The molecule has 0 bridgehead atoms. The van der Waals surface area contributed by atoms with Gasteiger partial charge in [-0.3, -0.25) is 4.57 Å². The monoisotopic (exact) mass is 237 g/mol. The van der Waals surface area contributed by atoms with Gasteiger partial charge in [0, 0.05) is 6.07 Å². The normalized spacial score (nSPS) is 19.8. The number of cyclic esters (lactones) is 1. The van der Waals surface area contributed by atoms with Gasteiger partial charge in [0.25, 0.3) is 0 Å². The summed E-state index contributed by atoms with van der Waals surface area (Å²) >= 11 is 0. The zero-order valence-corrected chi connectivity index (χ0v) is 10.1. The van der Waals surface area contributed by atoms with Crippen LogP contribution >= 0.6 is 0 Å². The van der Waals surface area contributed by atoms with Gasteiger partial charge in [-0.1, -0.05) is 0 Å². The maximum Gasteiger partial charge on any atom is 0.356 e. The molecule has 2 heterocycles. The number of aliphatic hydroxyl groups is 1. The number of ether oxygens (including phenoxy) is 2. The van der Waals surface area contributed by atoms with Crippen molar-refractivity contribution in [1.29, 1.82) is 0 Å². The first-order valence-corrected chi connectivity index (χ1v) is 5.37. The Hall–Kier alpha value is -1.75. The number of hydrogen-bond donors (Lipinski definition) is 1. The van der Waals surface area contributed by atoms with Crippen LogP contribution in [0.25, 0.3) is 5.70 Å². The Morgan fingerprint density at radius 1 is 1.53 bits per heavy atom. The van der Waals surface area contributed by atoms with Gasteiger partial charge in [-0.2, -0.15) is 0 Å². The van der Waals surface area contributed by atoms with E-state index in [1.807, 2.05) is 13.8 Å². The van der Waals surface area contributed by atoms with Crippen LogP contribution in [0.15, 0.2) is 17.7 Å². The average molecular weight is 237 g/mol. The van der Waals surface area contributed by atoms with Crippen LogP contribution in [-0.4, -0.2) is 28.9 Å². The van der Waals surface area contributed by atoms with Crippen LogP contribution < -0.4 is 4.74 Å². The molecule has 0 amide bonds. The minimum atomic E-state index is -0.390. The summed E-state index contributed by atoms with van der Waals surface area (Å²) in [4.78, 5) is 11.8. The predicted molar refractivity (Wildman–Crippen MR) is 61.4 cm³/mol. The van der Waals surface area contributed by atoms with Gasteiger partial charge in [0.15, 0.2) is 5.88 Å². The second-order valence-electron chi connectivity index (χ2n) is 3.94. The van der Waals surface area contributed by atoms with E-state index >= 15 is 0 Å². The summed E-state index contributed by atoms with van der Waals surface area (Å²) in [5.41, 5.74) is 1.87. The molecule has 1 aromatic heterocycles. The van der Waals surface area contributed by atoms with Gasteiger partial charge in [-0.05, 0) is 25.5 Å². The van der Waals surface area contributed by atoms with E-state index in [1.165, 1.54) is 7.11 Å². The number of carbonyl (C=O) groups excluding carboxylic acids is 1. The molecule has 1 N–H and O–H groups in total. The number of nitrogens with zero attached hydrogens (tertiary/aromatic N) is 1. The predicted octanol–water partition coefficient (Wildman–Crippen LogP) is 1.17. The Morgan fingerprint density at radius 3 is 2.71 bits per heavy atom. The van der Waals surface area contributed by atoms with E-state index < -0.39 is 0 Å². The summed E-state index contributed by atoms with van der Waals surface area (Å²) in [6, 6.07) is 3.43. The Kier molecular flexibility index (Phi) is 2.93. The molecular formula is C12H15NO4. The quantitative estimate of drug-likeness (QED) is 0.801. The maximum absolute atomic E-state index is 11.8. The summed E-state index contributed by atoms with van der Waals surface area (Å²) in [5, 5.41) is 9.27. The molecule has 1 aliphatic rings. The second kappa shape index (κ2) is 4.25. The van der Waals surface area contributed by atoms with E-state index in [9.17, 15) is 9.90 Å². The zero-order chi connectivity index (χ0) is 12.6. The largest absolute Gasteiger partial charge is 0.482 e. The first-order valence-electron chi connectivity index (χ1n) is 5.37. The molecule has 92 valence electrons. The van der Waals surface area contributed by atoms with Gasteiger partial charge < -0.3 is 14.6 Å². The first-order chi connectivity index (χ1) is 8.10. The Bertz CT molecular complexity index is 465. The number of aromatic nitrogens is 1. The molecule has 1 aliphatic heterocycles. The highest BCUT2D eigenvalue weighted by atomic mass is 16.5. The van der Waals surface area contributed by atoms with E-state index in [2.05, 4.69) is 0 Å². The zero-order valence-electron chi connectivity index (χ0n) is 10.1. The van der Waals surface area contributed by atoms with Gasteiger partial charge in [0.1, 0.15) is 11.8 Å². The number of esters is 1. The van der Waals surface area contributed by atoms with E-state index in [0.29, 0.717) is 17.3 Å². The van der Waals surface area contributed by atoms with E-state index in [-0.39, 0.29) is 18.7 Å². The molecule has 5 nitrogen and oxygen atoms in total. The van der Waals surface area contributed by atoms with Crippen molar-refractivity contribution < 1.29 is 19.4 Å². The molecule has 1 atom stereocenters. The summed E-state index contributed by atoms with van der Waals surface area (Å²) in [7, 11) is 1.52. The van der Waals surface area contributed by atoms with Crippen molar-refractivity contribution in [1.82, 2.24) is 4.57 Å². The molecule has 0 unspecified atom stereocenters. The summed E-state index contributed by atoms with van der Waals surface area (Å²) in [6.07, 6.45) is -0.240. The molecule has 0 aliphatic carbocycles. The molecular weight excluding hydrogens is 222 g/mol. The van der Waals surface area contributed by atoms with E-state index in [1.54, 1.807) is 16.7 Å². The minimum absolute atomic E-state index is 0.165. The molecule has 5 heteroatoms. The molecule has 0 radical (unpaired) electrons. The lowest BCUT2D eigenvalue weighted by atomic mass is 10.2. The third-order valence-corrected chi connectivity index (χ3v) is 2.98. The van der Waals surface area contributed by atoms with Crippen molar-refractivity contribution in [3.63, 3.8) is 0 Å². The van der Waals surface area contributed by atoms with E-state index in [0.717, 1.165) is 5.57 Å². The SMILES string of the molecule is COc1ccc(CO)n1C1=C(C)[C@@H](C)OC1=O. The van der Waals surface area contributed by atoms with Crippen molar-refractivity contribution in [3.05, 3.63) is 23.4 Å². The number of aliphatic hydroxyl groups excluding tert-OH is 1. The molecule has 1 aromatic rings. The average Bonchev–Trinajstić information content (AvgIpc) is 2.81. The number of rotatable bonds is 3. The number of methoxy groups -OCH3 is 1. The number of carbonyl (C=O) groups is 1. The fourth-order valence-electron chi connectivity index (χ4n) is 1.92. The van der Waals surface area contributed by atoms with Crippen LogP contribution in [-0.2, 0) is 16.1 Å². The van der Waals surface area contributed by atoms with Gasteiger partial charge >= 0.3 is 5.97 Å². The summed E-state index contributed by atoms with van der Waals surface area (Å²) in [5.74, 6) is 0.119. The molecule has 2 rings (SSSR count). The summed E-state index contributed by atoms with van der Waals surface area (Å²) < 4.78 is 11.9. The second-order valence-corrected chi connectivity index (χ2v) is 3.94. The minimum Gasteiger partial charge on any atom is -0.482 e. The van der Waals surface area contributed by atoms with Gasteiger partial charge in [-0.15, -0.1) is 0 Å². The van der Waals surface area contributed by atoms with Crippen molar-refractivity contribution in [2.75, 3.05) is 7.11 Å². The molecule has 0 saturated carbocycles. The van der Waals surface area contributed by atoms with Crippen molar-refractivity contribution >= 4 is 11.7 Å². The Labute approximate surface area is 99.3 Å². The first kappa shape index (κ1) is 11.7. The van der Waals surface area contributed by atoms with Crippen LogP contribution in [0, 0.1) is 0 Å². The smallest absolute Gasteiger partial charge is 0.356 e. The highest BCUT2D eigenvalue weighted by Gasteiger charge is 2.32. The molecule has 17 heavy (non-hydrogen) atoms. The molecule has 0 aromatic carbocycles. The highest BCUT2D eigenvalue weighted by Crippen LogP contribution is 2.31. The third-order valence-electron chi connectivity index (χ3n) is 2.98. The molecule has 0 fully saturated rings. The Balaban J connectivity index is 2.60. The number of hydrogen-bond acceptors (Lipinski definition) is 4. The van der Waals surface area contributed by atoms with Crippen LogP contribution in [0.5, 0.6) is 5.88 Å². The lowest BCUT2D eigenvalue weighted by Crippen LogP contribution is -2.11. The van der Waals surface area contributed by atoms with Gasteiger partial charge in [0.2, 0.25) is 0 Å². The van der Waals surface area contributed by atoms with Crippen molar-refractivity contribution in [2.45, 2.75) is 26.6 Å². The van der Waals surface area contributed by atoms with Crippen LogP contribution in [0.3, 0.4) is 0 Å². The molecule has 0 spiro atoms. The molecule has 0 saturated heterocycles.